The van der Waals surface area contributed by atoms with E-state index in [0.717, 1.165) is 27.5 Å². The van der Waals surface area contributed by atoms with Gasteiger partial charge in [-0.05, 0) is 23.8 Å². The minimum absolute atomic E-state index is 0.267. The Morgan fingerprint density at radius 2 is 1.96 bits per heavy atom. The summed E-state index contributed by atoms with van der Waals surface area (Å²) in [6.45, 7) is 0. The van der Waals surface area contributed by atoms with Gasteiger partial charge in [0, 0.05) is 21.2 Å². The first-order valence-corrected chi connectivity index (χ1v) is 10.6. The zero-order chi connectivity index (χ0) is 19.6. The van der Waals surface area contributed by atoms with Gasteiger partial charge in [-0.3, -0.25) is 4.79 Å². The molecule has 27 heavy (non-hydrogen) atoms. The number of benzene rings is 2. The highest BCUT2D eigenvalue weighted by molar-refractivity contribution is 7.85. The Labute approximate surface area is 164 Å². The topological polar surface area (TPSA) is 111 Å². The minimum atomic E-state index is -3.78. The van der Waals surface area contributed by atoms with E-state index < -0.39 is 22.0 Å². The Balaban J connectivity index is 1.91. The van der Waals surface area contributed by atoms with Crippen molar-refractivity contribution in [3.05, 3.63) is 58.4 Å². The van der Waals surface area contributed by atoms with Gasteiger partial charge in [0.2, 0.25) is 5.96 Å². The van der Waals surface area contributed by atoms with Crippen molar-refractivity contribution in [1.29, 1.82) is 0 Å². The molecule has 0 spiro atoms. The van der Waals surface area contributed by atoms with E-state index in [0.29, 0.717) is 4.34 Å². The number of guanidine groups is 1. The van der Waals surface area contributed by atoms with Crippen LogP contribution in [0.3, 0.4) is 0 Å². The third-order valence-corrected chi connectivity index (χ3v) is 5.24. The smallest absolute Gasteiger partial charge is 0.285 e. The van der Waals surface area contributed by atoms with Crippen molar-refractivity contribution in [1.82, 2.24) is 5.48 Å². The SMILES string of the molecule is CS(=O)(=O)ONC(N)=NC(=O)c1cccc(-c2c(Cl)sc3ccccc23)c1. The lowest BCUT2D eigenvalue weighted by molar-refractivity contribution is 0.100. The summed E-state index contributed by atoms with van der Waals surface area (Å²) in [5.41, 5.74) is 9.22. The summed E-state index contributed by atoms with van der Waals surface area (Å²) in [7, 11) is -3.78. The normalized spacial score (nSPS) is 12.3. The zero-order valence-corrected chi connectivity index (χ0v) is 16.4. The summed E-state index contributed by atoms with van der Waals surface area (Å²) in [4.78, 5) is 15.9. The number of hydrogen-bond donors (Lipinski definition) is 2. The average molecular weight is 424 g/mol. The first-order chi connectivity index (χ1) is 12.7. The predicted octanol–water partition coefficient (Wildman–Crippen LogP) is 3.16. The number of rotatable bonds is 4. The maximum absolute atomic E-state index is 12.3. The molecular formula is C17H14ClN3O4S2. The number of fused-ring (bicyclic) bond motifs is 1. The maximum Gasteiger partial charge on any atom is 0.285 e. The largest absolute Gasteiger partial charge is 0.368 e. The molecule has 3 N–H and O–H groups in total. The molecule has 0 aliphatic rings. The Morgan fingerprint density at radius 3 is 2.70 bits per heavy atom. The van der Waals surface area contributed by atoms with Gasteiger partial charge in [-0.15, -0.1) is 15.6 Å². The lowest BCUT2D eigenvalue weighted by Gasteiger charge is -2.05. The van der Waals surface area contributed by atoms with Crippen LogP contribution in [0.1, 0.15) is 10.4 Å². The summed E-state index contributed by atoms with van der Waals surface area (Å²) < 4.78 is 27.8. The number of nitrogens with one attached hydrogen (secondary N) is 1. The van der Waals surface area contributed by atoms with E-state index >= 15 is 0 Å². The molecule has 0 aliphatic carbocycles. The molecule has 0 aliphatic heterocycles. The molecule has 0 saturated heterocycles. The molecule has 0 radical (unpaired) electrons. The second kappa shape index (κ2) is 7.65. The molecule has 10 heteroatoms. The standard InChI is InChI=1S/C17H14ClN3O4S2/c1-27(23,24)25-21-17(19)20-16(22)11-6-4-5-10(9-11)14-12-7-2-3-8-13(12)26-15(14)18/h2-9H,1H3,(H3,19,20,21,22). The van der Waals surface area contributed by atoms with Crippen molar-refractivity contribution in [3.8, 4) is 11.1 Å². The minimum Gasteiger partial charge on any atom is -0.368 e. The highest BCUT2D eigenvalue weighted by atomic mass is 35.5. The highest BCUT2D eigenvalue weighted by Crippen LogP contribution is 2.42. The molecule has 0 atom stereocenters. The number of thiophene rings is 1. The molecule has 0 saturated carbocycles. The fraction of sp³-hybridized carbons (Fsp3) is 0.0588. The van der Waals surface area contributed by atoms with Gasteiger partial charge in [-0.1, -0.05) is 41.9 Å². The highest BCUT2D eigenvalue weighted by Gasteiger charge is 2.14. The molecule has 140 valence electrons. The van der Waals surface area contributed by atoms with Crippen LogP contribution in [0.2, 0.25) is 4.34 Å². The molecule has 2 aromatic carbocycles. The van der Waals surface area contributed by atoms with Crippen LogP contribution < -0.4 is 11.2 Å². The van der Waals surface area contributed by atoms with Crippen molar-refractivity contribution >= 4 is 55.0 Å². The molecule has 7 nitrogen and oxygen atoms in total. The monoisotopic (exact) mass is 423 g/mol. The van der Waals surface area contributed by atoms with E-state index in [2.05, 4.69) is 9.28 Å². The summed E-state index contributed by atoms with van der Waals surface area (Å²) in [6.07, 6.45) is 0.827. The van der Waals surface area contributed by atoms with Crippen molar-refractivity contribution in [2.24, 2.45) is 10.7 Å². The molecule has 1 aromatic heterocycles. The third kappa shape index (κ3) is 4.64. The van der Waals surface area contributed by atoms with Gasteiger partial charge in [-0.25, -0.2) is 5.48 Å². The van der Waals surface area contributed by atoms with Crippen molar-refractivity contribution in [3.63, 3.8) is 0 Å². The molecule has 3 aromatic rings. The summed E-state index contributed by atoms with van der Waals surface area (Å²) >= 11 is 7.86. The van der Waals surface area contributed by atoms with E-state index in [1.165, 1.54) is 11.3 Å². The average Bonchev–Trinajstić information content (AvgIpc) is 2.95. The van der Waals surface area contributed by atoms with Crippen LogP contribution in [-0.2, 0) is 14.4 Å². The number of nitrogens with two attached hydrogens (primary N) is 1. The van der Waals surface area contributed by atoms with E-state index in [4.69, 9.17) is 17.3 Å². The van der Waals surface area contributed by atoms with Crippen LogP contribution in [0.25, 0.3) is 21.2 Å². The van der Waals surface area contributed by atoms with E-state index in [1.807, 2.05) is 35.8 Å². The number of carbonyl (C=O) groups excluding carboxylic acids is 1. The van der Waals surface area contributed by atoms with Gasteiger partial charge in [0.15, 0.2) is 0 Å². The van der Waals surface area contributed by atoms with Crippen LogP contribution >= 0.6 is 22.9 Å². The summed E-state index contributed by atoms with van der Waals surface area (Å²) in [6, 6.07) is 14.6. The third-order valence-electron chi connectivity index (χ3n) is 3.47. The number of aliphatic imine (C=N–C) groups is 1. The number of carbonyl (C=O) groups is 1. The van der Waals surface area contributed by atoms with Crippen LogP contribution in [0.5, 0.6) is 0 Å². The van der Waals surface area contributed by atoms with Crippen LogP contribution in [0.15, 0.2) is 53.5 Å². The van der Waals surface area contributed by atoms with Crippen molar-refractivity contribution in [2.45, 2.75) is 0 Å². The zero-order valence-electron chi connectivity index (χ0n) is 14.0. The number of halogens is 1. The number of hydrogen-bond acceptors (Lipinski definition) is 5. The Bertz CT molecular complexity index is 1160. The van der Waals surface area contributed by atoms with Gasteiger partial charge in [0.1, 0.15) is 4.34 Å². The Morgan fingerprint density at radius 1 is 1.22 bits per heavy atom. The van der Waals surface area contributed by atoms with Crippen molar-refractivity contribution < 1.29 is 17.5 Å². The quantitative estimate of drug-likeness (QED) is 0.379. The van der Waals surface area contributed by atoms with Gasteiger partial charge >= 0.3 is 0 Å². The molecule has 1 heterocycles. The second-order valence-corrected chi connectivity index (χ2v) is 8.75. The first-order valence-electron chi connectivity index (χ1n) is 7.55. The lowest BCUT2D eigenvalue weighted by Crippen LogP contribution is -2.34. The first kappa shape index (κ1) is 19.3. The van der Waals surface area contributed by atoms with Gasteiger partial charge < -0.3 is 5.73 Å². The molecule has 0 unspecified atom stereocenters. The maximum atomic E-state index is 12.3. The van der Waals surface area contributed by atoms with Gasteiger partial charge in [-0.2, -0.15) is 13.4 Å². The van der Waals surface area contributed by atoms with E-state index in [-0.39, 0.29) is 5.56 Å². The lowest BCUT2D eigenvalue weighted by atomic mass is 10.0. The summed E-state index contributed by atoms with van der Waals surface area (Å²) in [5.74, 6) is -1.13. The van der Waals surface area contributed by atoms with Crippen molar-refractivity contribution in [2.75, 3.05) is 6.26 Å². The fourth-order valence-corrected chi connectivity index (χ4v) is 4.05. The second-order valence-electron chi connectivity index (χ2n) is 5.52. The van der Waals surface area contributed by atoms with E-state index in [1.54, 1.807) is 18.2 Å². The number of amides is 1. The van der Waals surface area contributed by atoms with Crippen LogP contribution in [0.4, 0.5) is 0 Å². The summed E-state index contributed by atoms with van der Waals surface area (Å²) in [5, 5.41) is 0.989. The number of nitrogens with zero attached hydrogens (tertiary/aromatic N) is 1. The van der Waals surface area contributed by atoms with Gasteiger partial charge in [0.05, 0.1) is 6.26 Å². The van der Waals surface area contributed by atoms with Crippen LogP contribution in [-0.4, -0.2) is 26.5 Å². The predicted molar refractivity (Wildman–Crippen MR) is 107 cm³/mol. The fourth-order valence-electron chi connectivity index (χ4n) is 2.41. The number of hydroxylamine groups is 1. The molecule has 3 rings (SSSR count). The van der Waals surface area contributed by atoms with E-state index in [9.17, 15) is 13.2 Å². The Kier molecular flexibility index (Phi) is 5.47. The molecule has 0 bridgehead atoms. The Hall–Kier alpha value is -2.46. The van der Waals surface area contributed by atoms with Crippen LogP contribution in [0, 0.1) is 0 Å². The van der Waals surface area contributed by atoms with Gasteiger partial charge in [0.25, 0.3) is 16.0 Å². The molecule has 1 amide bonds. The molecular weight excluding hydrogens is 410 g/mol. The molecule has 0 fully saturated rings.